The molecule has 1 unspecified atom stereocenters. The molecule has 2 aliphatic rings. The van der Waals surface area contributed by atoms with Gasteiger partial charge in [0.25, 0.3) is 5.91 Å². The van der Waals surface area contributed by atoms with E-state index in [1.54, 1.807) is 42.5 Å². The minimum atomic E-state index is -1.03. The summed E-state index contributed by atoms with van der Waals surface area (Å²) in [7, 11) is 0. The molecule has 0 radical (unpaired) electrons. The van der Waals surface area contributed by atoms with Crippen LogP contribution in [0.3, 0.4) is 0 Å². The Bertz CT molecular complexity index is 2170. The van der Waals surface area contributed by atoms with E-state index in [4.69, 9.17) is 41.8 Å². The topological polar surface area (TPSA) is 142 Å². The predicted molar refractivity (Wildman–Crippen MR) is 179 cm³/mol. The number of aromatic nitrogens is 3. The number of hydrogen-bond acceptors (Lipinski definition) is 10. The lowest BCUT2D eigenvalue weighted by atomic mass is 9.92. The number of carbonyl (C=O) groups excluding carboxylic acids is 1. The summed E-state index contributed by atoms with van der Waals surface area (Å²) in [4.78, 5) is 33.5. The van der Waals surface area contributed by atoms with E-state index in [0.29, 0.717) is 43.9 Å². The van der Waals surface area contributed by atoms with Crippen molar-refractivity contribution in [1.82, 2.24) is 13.9 Å². The van der Waals surface area contributed by atoms with Crippen molar-refractivity contribution in [3.63, 3.8) is 0 Å². The Labute approximate surface area is 288 Å². The first-order chi connectivity index (χ1) is 23.4. The van der Waals surface area contributed by atoms with Gasteiger partial charge in [-0.25, -0.2) is 14.2 Å². The number of ether oxygens (including phenoxy) is 3. The molecule has 0 saturated heterocycles. The number of terminal acetylenes is 1. The number of benzene rings is 3. The third-order valence-electron chi connectivity index (χ3n) is 7.46. The van der Waals surface area contributed by atoms with Crippen LogP contribution in [0, 0.1) is 23.6 Å². The van der Waals surface area contributed by atoms with Crippen molar-refractivity contribution < 1.29 is 37.7 Å². The number of aliphatic carboxylic acids is 1. The van der Waals surface area contributed by atoms with Crippen LogP contribution in [0.25, 0.3) is 11.1 Å². The summed E-state index contributed by atoms with van der Waals surface area (Å²) in [5.41, 5.74) is 1.85. The number of carboxylic acids is 1. The van der Waals surface area contributed by atoms with Crippen LogP contribution < -0.4 is 23.9 Å². The van der Waals surface area contributed by atoms with Crippen molar-refractivity contribution in [2.75, 3.05) is 18.1 Å². The van der Waals surface area contributed by atoms with Crippen LogP contribution in [-0.2, 0) is 22.6 Å². The zero-order chi connectivity index (χ0) is 34.9. The fourth-order valence-corrected chi connectivity index (χ4v) is 6.03. The van der Waals surface area contributed by atoms with Gasteiger partial charge in [0.05, 0.1) is 12.2 Å². The van der Waals surface area contributed by atoms with Crippen molar-refractivity contribution in [1.29, 1.82) is 0 Å². The SMILES string of the molecule is C#CCN1C(=O)COc2cc(F)c(/N=c3\snc4n3CC(C)(C)C4)cc21.CC(Oc1ccc(Oc2nc3ccc(Cl)cc3o2)cc1)C(=O)O. The number of fused-ring (bicyclic) bond motifs is 3. The Hall–Kier alpha value is -5.39. The fraction of sp³-hybridized carbons (Fsp3) is 0.265. The van der Waals surface area contributed by atoms with E-state index in [1.165, 1.54) is 35.5 Å². The highest BCUT2D eigenvalue weighted by molar-refractivity contribution is 7.02. The number of halogens is 2. The molecule has 0 saturated carbocycles. The molecule has 0 aliphatic carbocycles. The molecule has 0 bridgehead atoms. The third kappa shape index (κ3) is 7.53. The van der Waals surface area contributed by atoms with Gasteiger partial charge in [-0.2, -0.15) is 9.36 Å². The first kappa shape index (κ1) is 33.5. The molecule has 1 atom stereocenters. The summed E-state index contributed by atoms with van der Waals surface area (Å²) < 4.78 is 42.5. The minimum absolute atomic E-state index is 0.0924. The number of nitrogens with zero attached hydrogens (tertiary/aromatic N) is 5. The molecule has 0 spiro atoms. The third-order valence-corrected chi connectivity index (χ3v) is 8.47. The average molecular weight is 706 g/mol. The monoisotopic (exact) mass is 705 g/mol. The molecule has 1 amide bonds. The Balaban J connectivity index is 0.000000171. The zero-order valence-electron chi connectivity index (χ0n) is 26.5. The molecule has 7 rings (SSSR count). The van der Waals surface area contributed by atoms with Crippen molar-refractivity contribution in [2.45, 2.75) is 39.8 Å². The second-order valence-electron chi connectivity index (χ2n) is 11.9. The van der Waals surface area contributed by atoms with Gasteiger partial charge in [-0.15, -0.1) is 6.42 Å². The number of anilines is 1. The van der Waals surface area contributed by atoms with E-state index in [0.717, 1.165) is 18.8 Å². The molecule has 49 heavy (non-hydrogen) atoms. The molecule has 4 heterocycles. The van der Waals surface area contributed by atoms with Crippen LogP contribution in [-0.4, -0.2) is 50.2 Å². The fourth-order valence-electron chi connectivity index (χ4n) is 5.11. The maximum absolute atomic E-state index is 14.5. The van der Waals surface area contributed by atoms with Crippen molar-refractivity contribution in [3.8, 4) is 35.7 Å². The standard InChI is InChI=1S/C18H17FN4O2S.C16H12ClNO5/c1-4-5-22-13-7-12(11(19)6-14(13)25-9-16(22)24)20-17-23-10-18(2,3)8-15(23)21-26-17;1-9(15(19)20)21-11-3-5-12(6-4-11)22-16-18-13-7-2-10(17)8-14(13)23-16/h1,6-7H,5,8-10H2,2-3H3;2-9H,1H3,(H,19,20)/b20-17-;. The maximum atomic E-state index is 14.5. The molecule has 2 aromatic heterocycles. The van der Waals surface area contributed by atoms with E-state index in [1.807, 2.05) is 4.57 Å². The quantitative estimate of drug-likeness (QED) is 0.191. The number of oxazole rings is 1. The largest absolute Gasteiger partial charge is 0.481 e. The Morgan fingerprint density at radius 1 is 1.22 bits per heavy atom. The van der Waals surface area contributed by atoms with E-state index >= 15 is 0 Å². The summed E-state index contributed by atoms with van der Waals surface area (Å²) in [6.45, 7) is 6.51. The Morgan fingerprint density at radius 2 is 1.98 bits per heavy atom. The summed E-state index contributed by atoms with van der Waals surface area (Å²) in [6.07, 6.45) is 5.38. The minimum Gasteiger partial charge on any atom is -0.481 e. The van der Waals surface area contributed by atoms with Crippen LogP contribution in [0.2, 0.25) is 5.02 Å². The van der Waals surface area contributed by atoms with Gasteiger partial charge in [-0.3, -0.25) is 9.69 Å². The van der Waals surface area contributed by atoms with Gasteiger partial charge in [0.1, 0.15) is 34.3 Å². The number of amides is 1. The average Bonchev–Trinajstić information content (AvgIpc) is 3.71. The van der Waals surface area contributed by atoms with Gasteiger partial charge in [0, 0.05) is 41.7 Å². The lowest BCUT2D eigenvalue weighted by Gasteiger charge is -2.28. The zero-order valence-corrected chi connectivity index (χ0v) is 28.0. The van der Waals surface area contributed by atoms with Gasteiger partial charge in [-0.1, -0.05) is 31.4 Å². The highest BCUT2D eigenvalue weighted by Gasteiger charge is 2.31. The second kappa shape index (κ2) is 13.6. The molecular formula is C34H29ClFN5O7S. The molecule has 15 heteroatoms. The van der Waals surface area contributed by atoms with Crippen molar-refractivity contribution in [3.05, 3.63) is 76.1 Å². The van der Waals surface area contributed by atoms with E-state index in [-0.39, 0.29) is 36.2 Å². The van der Waals surface area contributed by atoms with Crippen molar-refractivity contribution >= 4 is 57.5 Å². The normalized spacial score (nSPS) is 15.4. The van der Waals surface area contributed by atoms with E-state index < -0.39 is 17.9 Å². The number of carboxylic acid groups (broad SMARTS) is 1. The second-order valence-corrected chi connectivity index (χ2v) is 13.1. The maximum Gasteiger partial charge on any atom is 0.400 e. The molecule has 252 valence electrons. The molecule has 5 aromatic rings. The van der Waals surface area contributed by atoms with Gasteiger partial charge >= 0.3 is 12.0 Å². The molecule has 0 fully saturated rings. The smallest absolute Gasteiger partial charge is 0.400 e. The summed E-state index contributed by atoms with van der Waals surface area (Å²) >= 11 is 7.13. The van der Waals surface area contributed by atoms with Gasteiger partial charge in [0.2, 0.25) is 4.80 Å². The van der Waals surface area contributed by atoms with E-state index in [9.17, 15) is 14.0 Å². The summed E-state index contributed by atoms with van der Waals surface area (Å²) in [5, 5.41) is 9.35. The number of rotatable bonds is 7. The Kier molecular flexibility index (Phi) is 9.31. The lowest BCUT2D eigenvalue weighted by molar-refractivity contribution is -0.144. The van der Waals surface area contributed by atoms with Gasteiger partial charge in [0.15, 0.2) is 24.1 Å². The van der Waals surface area contributed by atoms with Crippen LogP contribution in [0.1, 0.15) is 26.6 Å². The van der Waals surface area contributed by atoms with Crippen LogP contribution in [0.15, 0.2) is 64.0 Å². The predicted octanol–water partition coefficient (Wildman–Crippen LogP) is 6.38. The van der Waals surface area contributed by atoms with Gasteiger partial charge < -0.3 is 28.3 Å². The molecular weight excluding hydrogens is 677 g/mol. The molecule has 3 aromatic carbocycles. The summed E-state index contributed by atoms with van der Waals surface area (Å²) in [5.74, 6) is 2.80. The molecule has 2 aliphatic heterocycles. The highest BCUT2D eigenvalue weighted by atomic mass is 35.5. The van der Waals surface area contributed by atoms with Crippen molar-refractivity contribution in [2.24, 2.45) is 10.4 Å². The number of hydrogen-bond donors (Lipinski definition) is 1. The number of carbonyl (C=O) groups is 2. The van der Waals surface area contributed by atoms with Crippen LogP contribution in [0.5, 0.6) is 23.3 Å². The van der Waals surface area contributed by atoms with Gasteiger partial charge in [-0.05, 0) is 54.8 Å². The Morgan fingerprint density at radius 3 is 2.71 bits per heavy atom. The van der Waals surface area contributed by atoms with Crippen LogP contribution in [0.4, 0.5) is 15.8 Å². The van der Waals surface area contributed by atoms with Crippen LogP contribution >= 0.6 is 23.1 Å². The molecule has 12 nitrogen and oxygen atoms in total. The van der Waals surface area contributed by atoms with E-state index in [2.05, 4.69) is 34.1 Å². The first-order valence-electron chi connectivity index (χ1n) is 14.9. The summed E-state index contributed by atoms with van der Waals surface area (Å²) in [6, 6.07) is 14.3. The highest BCUT2D eigenvalue weighted by Crippen LogP contribution is 2.37. The first-order valence-corrected chi connectivity index (χ1v) is 16.1. The molecule has 1 N–H and O–H groups in total. The lowest BCUT2D eigenvalue weighted by Crippen LogP contribution is -2.39.